The third-order valence-corrected chi connectivity index (χ3v) is 5.95. The molecule has 2 aromatic carbocycles. The van der Waals surface area contributed by atoms with Crippen LogP contribution in [0, 0.1) is 5.92 Å². The summed E-state index contributed by atoms with van der Waals surface area (Å²) in [4.78, 5) is 30.6. The molecule has 2 N–H and O–H groups in total. The van der Waals surface area contributed by atoms with Gasteiger partial charge in [-0.3, -0.25) is 9.59 Å². The number of anilines is 1. The summed E-state index contributed by atoms with van der Waals surface area (Å²) in [6.45, 7) is 4.08. The Hall–Kier alpha value is -3.48. The number of likely N-dealkylation sites (N-methyl/N-ethyl adjacent to an activating group) is 1. The maximum absolute atomic E-state index is 13.1. The highest BCUT2D eigenvalue weighted by Crippen LogP contribution is 2.37. The molecule has 3 aromatic rings. The number of aromatic amines is 1. The summed E-state index contributed by atoms with van der Waals surface area (Å²) >= 11 is 0. The number of nitrogens with one attached hydrogen (secondary N) is 2. The van der Waals surface area contributed by atoms with E-state index in [0.717, 1.165) is 16.8 Å². The number of benzene rings is 2. The van der Waals surface area contributed by atoms with E-state index in [0.29, 0.717) is 12.2 Å². The molecule has 2 heterocycles. The summed E-state index contributed by atoms with van der Waals surface area (Å²) in [6.07, 6.45) is 0.551. The van der Waals surface area contributed by atoms with Crippen molar-refractivity contribution in [3.63, 3.8) is 0 Å². The van der Waals surface area contributed by atoms with Crippen molar-refractivity contribution in [3.8, 4) is 0 Å². The molecule has 1 aliphatic rings. The number of H-pyrrole nitrogens is 1. The van der Waals surface area contributed by atoms with Crippen LogP contribution in [0.25, 0.3) is 0 Å². The van der Waals surface area contributed by atoms with Crippen LogP contribution < -0.4 is 10.2 Å². The predicted molar refractivity (Wildman–Crippen MR) is 114 cm³/mol. The number of hydrogen-bond donors (Lipinski definition) is 2. The second kappa shape index (κ2) is 8.10. The number of rotatable bonds is 4. The number of amides is 2. The molecule has 154 valence electrons. The number of para-hydroxylation sites is 1. The average molecular weight is 403 g/mol. The highest BCUT2D eigenvalue weighted by Gasteiger charge is 2.38. The summed E-state index contributed by atoms with van der Waals surface area (Å²) in [7, 11) is 1.75. The van der Waals surface area contributed by atoms with Crippen molar-refractivity contribution in [1.29, 1.82) is 0 Å². The quantitative estimate of drug-likeness (QED) is 0.701. The maximum atomic E-state index is 13.1. The summed E-state index contributed by atoms with van der Waals surface area (Å²) in [5.41, 5.74) is 3.05. The summed E-state index contributed by atoms with van der Waals surface area (Å²) < 4.78 is 0. The van der Waals surface area contributed by atoms with Crippen LogP contribution >= 0.6 is 0 Å². The van der Waals surface area contributed by atoms with Crippen LogP contribution in [0.5, 0.6) is 0 Å². The zero-order valence-corrected chi connectivity index (χ0v) is 17.3. The van der Waals surface area contributed by atoms with Gasteiger partial charge in [0.15, 0.2) is 0 Å². The minimum Gasteiger partial charge on any atom is -0.337 e. The third-order valence-electron chi connectivity index (χ3n) is 5.95. The Morgan fingerprint density at radius 3 is 2.53 bits per heavy atom. The number of aromatic nitrogens is 3. The Morgan fingerprint density at radius 2 is 1.77 bits per heavy atom. The van der Waals surface area contributed by atoms with Crippen LogP contribution in [0.15, 0.2) is 54.6 Å². The molecule has 7 nitrogen and oxygen atoms in total. The summed E-state index contributed by atoms with van der Waals surface area (Å²) in [5, 5.41) is 11.0. The molecular weight excluding hydrogens is 378 g/mol. The molecule has 0 fully saturated rings. The number of nitrogens with zero attached hydrogens (tertiary/aromatic N) is 3. The van der Waals surface area contributed by atoms with Gasteiger partial charge in [-0.25, -0.2) is 0 Å². The van der Waals surface area contributed by atoms with Crippen LogP contribution in [0.2, 0.25) is 0 Å². The highest BCUT2D eigenvalue weighted by molar-refractivity contribution is 6.02. The maximum Gasteiger partial charge on any atom is 0.289 e. The number of carbonyl (C=O) groups is 2. The van der Waals surface area contributed by atoms with Gasteiger partial charge >= 0.3 is 0 Å². The lowest BCUT2D eigenvalue weighted by molar-refractivity contribution is -0.121. The van der Waals surface area contributed by atoms with Crippen molar-refractivity contribution in [2.45, 2.75) is 32.2 Å². The lowest BCUT2D eigenvalue weighted by atomic mass is 9.84. The smallest absolute Gasteiger partial charge is 0.289 e. The van der Waals surface area contributed by atoms with E-state index in [-0.39, 0.29) is 23.6 Å². The Morgan fingerprint density at radius 1 is 1.07 bits per heavy atom. The molecule has 0 spiro atoms. The van der Waals surface area contributed by atoms with E-state index >= 15 is 0 Å². The molecular formula is C23H25N5O2. The lowest BCUT2D eigenvalue weighted by Crippen LogP contribution is -2.50. The first-order chi connectivity index (χ1) is 14.5. The molecule has 7 heteroatoms. The zero-order valence-electron chi connectivity index (χ0n) is 17.3. The van der Waals surface area contributed by atoms with Crippen LogP contribution in [0.1, 0.15) is 47.3 Å². The normalized spacial score (nSPS) is 21.1. The van der Waals surface area contributed by atoms with Gasteiger partial charge in [-0.15, -0.1) is 10.2 Å². The standard InChI is InChI=1S/C23H25N5O2/c1-14-15(2)20(23(30)28(3)18-12-8-7-11-17(14)18)25-22(29)21-24-19(26-27-21)13-16-9-5-4-6-10-16/h4-12,14-15,20H,13H2,1-3H3,(H,25,29)(H,24,26,27)/t14-,15+,20+/m1/s1. The fourth-order valence-electron chi connectivity index (χ4n) is 3.97. The van der Waals surface area contributed by atoms with Crippen molar-refractivity contribution in [1.82, 2.24) is 20.5 Å². The van der Waals surface area contributed by atoms with Crippen molar-refractivity contribution in [2.24, 2.45) is 5.92 Å². The molecule has 0 radical (unpaired) electrons. The van der Waals surface area contributed by atoms with Crippen molar-refractivity contribution in [2.75, 3.05) is 11.9 Å². The van der Waals surface area contributed by atoms with Crippen molar-refractivity contribution < 1.29 is 9.59 Å². The second-order valence-electron chi connectivity index (χ2n) is 7.84. The van der Waals surface area contributed by atoms with Crippen LogP contribution in [-0.4, -0.2) is 40.1 Å². The molecule has 0 bridgehead atoms. The molecule has 0 aliphatic carbocycles. The molecule has 0 unspecified atom stereocenters. The SMILES string of the molecule is C[C@@H]1[C@H](NC(=O)c2nnc(Cc3ccccc3)[nH]2)C(=O)N(C)c2ccccc2[C@@H]1C. The van der Waals surface area contributed by atoms with Gasteiger partial charge in [0.25, 0.3) is 5.91 Å². The Kier molecular flexibility index (Phi) is 5.35. The number of hydrogen-bond acceptors (Lipinski definition) is 4. The van der Waals surface area contributed by atoms with Crippen molar-refractivity contribution in [3.05, 3.63) is 77.4 Å². The highest BCUT2D eigenvalue weighted by atomic mass is 16.2. The molecule has 0 saturated heterocycles. The van der Waals surface area contributed by atoms with Gasteiger partial charge < -0.3 is 15.2 Å². The molecule has 1 aromatic heterocycles. The van der Waals surface area contributed by atoms with E-state index in [1.165, 1.54) is 0 Å². The Balaban J connectivity index is 1.52. The topological polar surface area (TPSA) is 91.0 Å². The monoisotopic (exact) mass is 403 g/mol. The minimum absolute atomic E-state index is 0.0840. The van der Waals surface area contributed by atoms with Gasteiger partial charge in [-0.2, -0.15) is 0 Å². The molecule has 2 amide bonds. The Bertz CT molecular complexity index is 1060. The number of fused-ring (bicyclic) bond motifs is 1. The summed E-state index contributed by atoms with van der Waals surface area (Å²) in [6, 6.07) is 17.0. The van der Waals surface area contributed by atoms with E-state index in [2.05, 4.69) is 27.4 Å². The molecule has 30 heavy (non-hydrogen) atoms. The third kappa shape index (κ3) is 3.70. The van der Waals surface area contributed by atoms with E-state index in [1.54, 1.807) is 11.9 Å². The summed E-state index contributed by atoms with van der Waals surface area (Å²) in [5.74, 6) is 0.153. The Labute approximate surface area is 175 Å². The van der Waals surface area contributed by atoms with Gasteiger partial charge in [0, 0.05) is 19.2 Å². The van der Waals surface area contributed by atoms with Crippen molar-refractivity contribution >= 4 is 17.5 Å². The first-order valence-corrected chi connectivity index (χ1v) is 10.1. The second-order valence-corrected chi connectivity index (χ2v) is 7.84. The fourth-order valence-corrected chi connectivity index (χ4v) is 3.97. The van der Waals surface area contributed by atoms with Crippen LogP contribution in [0.3, 0.4) is 0 Å². The van der Waals surface area contributed by atoms with Gasteiger partial charge in [0.1, 0.15) is 11.9 Å². The molecule has 4 rings (SSSR count). The lowest BCUT2D eigenvalue weighted by Gasteiger charge is -2.26. The molecule has 0 saturated carbocycles. The average Bonchev–Trinajstić information content (AvgIpc) is 3.22. The van der Waals surface area contributed by atoms with Crippen LogP contribution in [0.4, 0.5) is 5.69 Å². The van der Waals surface area contributed by atoms with Gasteiger partial charge in [0.2, 0.25) is 11.7 Å². The van der Waals surface area contributed by atoms with E-state index in [1.807, 2.05) is 61.5 Å². The van der Waals surface area contributed by atoms with Gasteiger partial charge in [-0.05, 0) is 29.0 Å². The zero-order chi connectivity index (χ0) is 21.3. The fraction of sp³-hybridized carbons (Fsp3) is 0.304. The van der Waals surface area contributed by atoms with E-state index < -0.39 is 11.9 Å². The van der Waals surface area contributed by atoms with E-state index in [9.17, 15) is 9.59 Å². The predicted octanol–water partition coefficient (Wildman–Crippen LogP) is 2.91. The molecule has 1 aliphatic heterocycles. The first kappa shape index (κ1) is 19.8. The minimum atomic E-state index is -0.660. The number of carbonyl (C=O) groups excluding carboxylic acids is 2. The van der Waals surface area contributed by atoms with Gasteiger partial charge in [0.05, 0.1) is 0 Å². The van der Waals surface area contributed by atoms with E-state index in [4.69, 9.17) is 0 Å². The first-order valence-electron chi connectivity index (χ1n) is 10.1. The van der Waals surface area contributed by atoms with Crippen LogP contribution in [-0.2, 0) is 11.2 Å². The molecule has 3 atom stereocenters. The van der Waals surface area contributed by atoms with Gasteiger partial charge in [-0.1, -0.05) is 62.4 Å². The largest absolute Gasteiger partial charge is 0.337 e.